The molecule has 3 nitrogen and oxygen atoms in total. The molecule has 0 saturated carbocycles. The third-order valence-electron chi connectivity index (χ3n) is 1.74. The number of hydrogen-bond acceptors (Lipinski definition) is 2. The Balaban J connectivity index is 0.000000845. The zero-order valence-electron chi connectivity index (χ0n) is 6.99. The van der Waals surface area contributed by atoms with Gasteiger partial charge in [-0.2, -0.15) is 0 Å². The van der Waals surface area contributed by atoms with E-state index in [9.17, 15) is 0 Å². The molecule has 13 heavy (non-hydrogen) atoms. The second-order valence-electron chi connectivity index (χ2n) is 2.48. The number of imidazole rings is 1. The van der Waals surface area contributed by atoms with Crippen molar-refractivity contribution in [1.29, 1.82) is 0 Å². The summed E-state index contributed by atoms with van der Waals surface area (Å²) in [7, 11) is 1.86. The molecule has 0 saturated heterocycles. The second kappa shape index (κ2) is 3.98. The van der Waals surface area contributed by atoms with E-state index >= 15 is 0 Å². The zero-order chi connectivity index (χ0) is 8.55. The Labute approximate surface area is 90.7 Å². The van der Waals surface area contributed by atoms with Gasteiger partial charge in [0.05, 0.1) is 5.52 Å². The largest absolute Gasteiger partial charge is 0.371 e. The van der Waals surface area contributed by atoms with E-state index in [0.717, 1.165) is 15.8 Å². The molecule has 0 aliphatic carbocycles. The standard InChI is InChI=1S/C8H8BrN3.ClH/c1-10-8-7-4-6(9)2-3-12(7)5-11-8;/h2-5,10H,1H3;1H. The number of anilines is 1. The maximum atomic E-state index is 4.19. The van der Waals surface area contributed by atoms with Crippen molar-refractivity contribution in [3.63, 3.8) is 0 Å². The number of nitrogens with zero attached hydrogens (tertiary/aromatic N) is 2. The fourth-order valence-electron chi connectivity index (χ4n) is 1.16. The van der Waals surface area contributed by atoms with Gasteiger partial charge >= 0.3 is 0 Å². The van der Waals surface area contributed by atoms with Gasteiger partial charge in [0.1, 0.15) is 6.33 Å². The maximum Gasteiger partial charge on any atom is 0.151 e. The van der Waals surface area contributed by atoms with Crippen LogP contribution in [-0.2, 0) is 0 Å². The van der Waals surface area contributed by atoms with Crippen molar-refractivity contribution in [2.75, 3.05) is 12.4 Å². The number of pyridine rings is 1. The molecule has 2 rings (SSSR count). The molecule has 0 bridgehead atoms. The molecule has 2 heterocycles. The first-order valence-corrected chi connectivity index (χ1v) is 4.40. The second-order valence-corrected chi connectivity index (χ2v) is 3.40. The Morgan fingerprint density at radius 2 is 2.31 bits per heavy atom. The lowest BCUT2D eigenvalue weighted by Crippen LogP contribution is -1.88. The van der Waals surface area contributed by atoms with E-state index in [-0.39, 0.29) is 12.4 Å². The molecule has 0 amide bonds. The van der Waals surface area contributed by atoms with Gasteiger partial charge < -0.3 is 9.72 Å². The fourth-order valence-corrected chi connectivity index (χ4v) is 1.49. The molecule has 1 N–H and O–H groups in total. The van der Waals surface area contributed by atoms with E-state index in [1.54, 1.807) is 6.33 Å². The van der Waals surface area contributed by atoms with Crippen LogP contribution in [0.2, 0.25) is 0 Å². The van der Waals surface area contributed by atoms with Crippen molar-refractivity contribution in [1.82, 2.24) is 9.38 Å². The van der Waals surface area contributed by atoms with Gasteiger partial charge in [-0.1, -0.05) is 15.9 Å². The van der Waals surface area contributed by atoms with Crippen LogP contribution in [0.25, 0.3) is 5.52 Å². The van der Waals surface area contributed by atoms with Gasteiger partial charge in [-0.05, 0) is 12.1 Å². The lowest BCUT2D eigenvalue weighted by Gasteiger charge is -1.96. The number of rotatable bonds is 1. The minimum absolute atomic E-state index is 0. The number of halogens is 2. The van der Waals surface area contributed by atoms with Crippen molar-refractivity contribution >= 4 is 39.7 Å². The predicted octanol–water partition coefficient (Wildman–Crippen LogP) is 2.56. The van der Waals surface area contributed by atoms with E-state index in [2.05, 4.69) is 26.2 Å². The van der Waals surface area contributed by atoms with Gasteiger partial charge in [0.2, 0.25) is 0 Å². The lowest BCUT2D eigenvalue weighted by molar-refractivity contribution is 1.15. The molecule has 0 aliphatic rings. The highest BCUT2D eigenvalue weighted by Crippen LogP contribution is 2.18. The molecule has 0 aliphatic heterocycles. The summed E-state index contributed by atoms with van der Waals surface area (Å²) in [6.07, 6.45) is 3.75. The summed E-state index contributed by atoms with van der Waals surface area (Å²) in [6, 6.07) is 4.01. The third-order valence-corrected chi connectivity index (χ3v) is 2.23. The van der Waals surface area contributed by atoms with Gasteiger partial charge in [0.25, 0.3) is 0 Å². The molecule has 0 radical (unpaired) electrons. The van der Waals surface area contributed by atoms with Crippen molar-refractivity contribution in [2.45, 2.75) is 0 Å². The number of hydrogen-bond donors (Lipinski definition) is 1. The van der Waals surface area contributed by atoms with Crippen LogP contribution in [0.1, 0.15) is 0 Å². The number of aromatic nitrogens is 2. The van der Waals surface area contributed by atoms with E-state index < -0.39 is 0 Å². The van der Waals surface area contributed by atoms with Crippen molar-refractivity contribution < 1.29 is 0 Å². The molecule has 2 aromatic heterocycles. The molecule has 5 heteroatoms. The van der Waals surface area contributed by atoms with Crippen LogP contribution in [0.3, 0.4) is 0 Å². The van der Waals surface area contributed by atoms with Crippen LogP contribution < -0.4 is 5.32 Å². The minimum atomic E-state index is 0. The summed E-state index contributed by atoms with van der Waals surface area (Å²) in [5.74, 6) is 0.899. The zero-order valence-corrected chi connectivity index (χ0v) is 9.39. The molecule has 0 aromatic carbocycles. The van der Waals surface area contributed by atoms with Crippen LogP contribution in [-0.4, -0.2) is 16.4 Å². The molecule has 2 aromatic rings. The summed E-state index contributed by atoms with van der Waals surface area (Å²) in [6.45, 7) is 0. The average molecular weight is 263 g/mol. The number of fused-ring (bicyclic) bond motifs is 1. The lowest BCUT2D eigenvalue weighted by atomic mass is 10.4. The average Bonchev–Trinajstić information content (AvgIpc) is 2.46. The topological polar surface area (TPSA) is 29.3 Å². The Hall–Kier alpha value is -0.740. The van der Waals surface area contributed by atoms with E-state index in [0.29, 0.717) is 0 Å². The Kier molecular flexibility index (Phi) is 3.17. The Morgan fingerprint density at radius 1 is 1.54 bits per heavy atom. The summed E-state index contributed by atoms with van der Waals surface area (Å²) in [5.41, 5.74) is 1.08. The van der Waals surface area contributed by atoms with Crippen LogP contribution in [0.5, 0.6) is 0 Å². The molecule has 0 atom stereocenters. The van der Waals surface area contributed by atoms with Crippen LogP contribution in [0.4, 0.5) is 5.82 Å². The predicted molar refractivity (Wildman–Crippen MR) is 59.7 cm³/mol. The van der Waals surface area contributed by atoms with Gasteiger partial charge in [-0.15, -0.1) is 12.4 Å². The first kappa shape index (κ1) is 10.3. The van der Waals surface area contributed by atoms with Gasteiger partial charge in [-0.3, -0.25) is 0 Å². The van der Waals surface area contributed by atoms with Crippen molar-refractivity contribution in [3.05, 3.63) is 29.1 Å². The minimum Gasteiger partial charge on any atom is -0.371 e. The van der Waals surface area contributed by atoms with E-state index in [1.165, 1.54) is 0 Å². The smallest absolute Gasteiger partial charge is 0.151 e. The Bertz CT molecular complexity index is 413. The summed E-state index contributed by atoms with van der Waals surface area (Å²) >= 11 is 3.41. The maximum absolute atomic E-state index is 4.19. The van der Waals surface area contributed by atoms with E-state index in [4.69, 9.17) is 0 Å². The van der Waals surface area contributed by atoms with Crippen LogP contribution in [0, 0.1) is 0 Å². The molecule has 0 unspecified atom stereocenters. The van der Waals surface area contributed by atoms with Crippen molar-refractivity contribution in [3.8, 4) is 0 Å². The van der Waals surface area contributed by atoms with Gasteiger partial charge in [0.15, 0.2) is 5.82 Å². The third kappa shape index (κ3) is 1.78. The first-order chi connectivity index (χ1) is 5.81. The SMILES string of the molecule is CNc1ncn2ccc(Br)cc12.Cl. The highest BCUT2D eigenvalue weighted by Gasteiger charge is 2.00. The highest BCUT2D eigenvalue weighted by atomic mass is 79.9. The molecule has 70 valence electrons. The molecular formula is C8H9BrClN3. The van der Waals surface area contributed by atoms with Crippen molar-refractivity contribution in [2.24, 2.45) is 0 Å². The summed E-state index contributed by atoms with van der Waals surface area (Å²) in [4.78, 5) is 4.19. The highest BCUT2D eigenvalue weighted by molar-refractivity contribution is 9.10. The van der Waals surface area contributed by atoms with Gasteiger partial charge in [-0.25, -0.2) is 4.98 Å². The number of nitrogens with one attached hydrogen (secondary N) is 1. The Morgan fingerprint density at radius 3 is 3.00 bits per heavy atom. The fraction of sp³-hybridized carbons (Fsp3) is 0.125. The van der Waals surface area contributed by atoms with Crippen LogP contribution >= 0.6 is 28.3 Å². The molecular weight excluding hydrogens is 253 g/mol. The first-order valence-electron chi connectivity index (χ1n) is 3.61. The molecule has 0 spiro atoms. The summed E-state index contributed by atoms with van der Waals surface area (Å²) < 4.78 is 3.03. The quantitative estimate of drug-likeness (QED) is 0.856. The summed E-state index contributed by atoms with van der Waals surface area (Å²) in [5, 5.41) is 3.02. The van der Waals surface area contributed by atoms with Crippen LogP contribution in [0.15, 0.2) is 29.1 Å². The normalized spacial score (nSPS) is 9.69. The van der Waals surface area contributed by atoms with E-state index in [1.807, 2.05) is 29.8 Å². The monoisotopic (exact) mass is 261 g/mol. The van der Waals surface area contributed by atoms with Gasteiger partial charge in [0, 0.05) is 17.7 Å². The molecule has 0 fully saturated rings.